The fraction of sp³-hybridized carbons (Fsp3) is 0.0769. The second-order valence-corrected chi connectivity index (χ2v) is 4.90. The van der Waals surface area contributed by atoms with Crippen LogP contribution < -0.4 is 10.6 Å². The second kappa shape index (κ2) is 6.81. The molecule has 0 saturated carbocycles. The third kappa shape index (κ3) is 4.47. The Hall–Kier alpha value is -3.08. The number of nitro groups is 1. The molecule has 3 amide bonds. The van der Waals surface area contributed by atoms with Gasteiger partial charge in [0, 0.05) is 0 Å². The van der Waals surface area contributed by atoms with E-state index >= 15 is 0 Å². The molecular formula is C13H7ClF3N3O5. The van der Waals surface area contributed by atoms with Crippen LogP contribution in [0.2, 0.25) is 5.02 Å². The fourth-order valence-corrected chi connectivity index (χ4v) is 1.83. The lowest BCUT2D eigenvalue weighted by Gasteiger charge is -2.11. The van der Waals surface area contributed by atoms with Gasteiger partial charge in [0.05, 0.1) is 22.3 Å². The standard InChI is InChI=1S/C13H7ClF3N3O5/c14-7-2-1-6(13(15,16)17)5-8(7)18-12(22)19-11(21)9-3-4-10(25-9)20(23)24/h1-5H,(H2,18,19,21,22). The van der Waals surface area contributed by atoms with E-state index in [2.05, 4.69) is 4.42 Å². The van der Waals surface area contributed by atoms with Gasteiger partial charge in [-0.2, -0.15) is 13.2 Å². The molecule has 25 heavy (non-hydrogen) atoms. The van der Waals surface area contributed by atoms with Gasteiger partial charge in [-0.1, -0.05) is 11.6 Å². The summed E-state index contributed by atoms with van der Waals surface area (Å²) in [4.78, 5) is 32.9. The topological polar surface area (TPSA) is 114 Å². The van der Waals surface area contributed by atoms with E-state index in [1.54, 1.807) is 5.32 Å². The lowest BCUT2D eigenvalue weighted by atomic mass is 10.2. The number of carbonyl (C=O) groups excluding carboxylic acids is 2. The molecule has 132 valence electrons. The molecular weight excluding hydrogens is 371 g/mol. The van der Waals surface area contributed by atoms with Crippen LogP contribution in [0.15, 0.2) is 34.7 Å². The molecule has 0 spiro atoms. The number of hydrogen-bond acceptors (Lipinski definition) is 5. The molecule has 8 nitrogen and oxygen atoms in total. The first-order chi connectivity index (χ1) is 11.6. The molecule has 0 unspecified atom stereocenters. The van der Waals surface area contributed by atoms with Crippen LogP contribution in [0.3, 0.4) is 0 Å². The molecule has 0 atom stereocenters. The van der Waals surface area contributed by atoms with E-state index in [1.807, 2.05) is 5.32 Å². The first kappa shape index (κ1) is 18.3. The van der Waals surface area contributed by atoms with Crippen LogP contribution in [0.4, 0.5) is 29.5 Å². The molecule has 12 heteroatoms. The Bertz CT molecular complexity index is 850. The molecule has 0 aliphatic carbocycles. The molecule has 1 aromatic heterocycles. The number of nitrogens with one attached hydrogen (secondary N) is 2. The number of hydrogen-bond donors (Lipinski definition) is 2. The van der Waals surface area contributed by atoms with Gasteiger partial charge >= 0.3 is 18.1 Å². The van der Waals surface area contributed by atoms with E-state index in [1.165, 1.54) is 0 Å². The van der Waals surface area contributed by atoms with E-state index in [-0.39, 0.29) is 10.7 Å². The van der Waals surface area contributed by atoms with Crippen LogP contribution in [0.5, 0.6) is 0 Å². The van der Waals surface area contributed by atoms with Crippen molar-refractivity contribution in [1.82, 2.24) is 5.32 Å². The summed E-state index contributed by atoms with van der Waals surface area (Å²) in [5.74, 6) is -2.38. The average Bonchev–Trinajstić information content (AvgIpc) is 2.98. The molecule has 0 bridgehead atoms. The minimum atomic E-state index is -4.65. The van der Waals surface area contributed by atoms with Crippen molar-refractivity contribution in [3.63, 3.8) is 0 Å². The molecule has 0 radical (unpaired) electrons. The Balaban J connectivity index is 2.09. The molecule has 2 aromatic rings. The zero-order valence-electron chi connectivity index (χ0n) is 11.9. The van der Waals surface area contributed by atoms with Gasteiger partial charge in [-0.15, -0.1) is 0 Å². The van der Waals surface area contributed by atoms with Crippen molar-refractivity contribution in [2.45, 2.75) is 6.18 Å². The van der Waals surface area contributed by atoms with Crippen LogP contribution in [-0.4, -0.2) is 16.9 Å². The molecule has 2 N–H and O–H groups in total. The van der Waals surface area contributed by atoms with E-state index in [0.717, 1.165) is 24.3 Å². The number of alkyl halides is 3. The lowest BCUT2D eigenvalue weighted by Crippen LogP contribution is -2.34. The fourth-order valence-electron chi connectivity index (χ4n) is 1.66. The minimum absolute atomic E-state index is 0.191. The summed E-state index contributed by atoms with van der Waals surface area (Å²) in [5, 5.41) is 14.0. The highest BCUT2D eigenvalue weighted by atomic mass is 35.5. The second-order valence-electron chi connectivity index (χ2n) is 4.50. The normalized spacial score (nSPS) is 11.0. The maximum atomic E-state index is 12.6. The molecule has 1 aromatic carbocycles. The Morgan fingerprint density at radius 2 is 1.88 bits per heavy atom. The molecule has 0 aliphatic rings. The predicted octanol–water partition coefficient (Wildman–Crippen LogP) is 3.82. The Kier molecular flexibility index (Phi) is 4.97. The minimum Gasteiger partial charge on any atom is -0.395 e. The highest BCUT2D eigenvalue weighted by Crippen LogP contribution is 2.33. The van der Waals surface area contributed by atoms with Crippen molar-refractivity contribution >= 4 is 35.1 Å². The third-order valence-electron chi connectivity index (χ3n) is 2.76. The number of urea groups is 1. The van der Waals surface area contributed by atoms with Gasteiger partial charge in [0.2, 0.25) is 0 Å². The molecule has 0 aliphatic heterocycles. The van der Waals surface area contributed by atoms with Gasteiger partial charge < -0.3 is 9.73 Å². The Morgan fingerprint density at radius 1 is 1.20 bits per heavy atom. The summed E-state index contributed by atoms with van der Waals surface area (Å²) in [5.41, 5.74) is -1.44. The highest BCUT2D eigenvalue weighted by Gasteiger charge is 2.31. The molecule has 1 heterocycles. The van der Waals surface area contributed by atoms with Crippen molar-refractivity contribution in [2.24, 2.45) is 0 Å². The number of imide groups is 1. The Labute approximate surface area is 141 Å². The van der Waals surface area contributed by atoms with E-state index in [9.17, 15) is 32.9 Å². The summed E-state index contributed by atoms with van der Waals surface area (Å²) >= 11 is 5.69. The van der Waals surface area contributed by atoms with Gasteiger partial charge in [-0.25, -0.2) is 4.79 Å². The molecule has 2 rings (SSSR count). The largest absolute Gasteiger partial charge is 0.433 e. The van der Waals surface area contributed by atoms with Crippen LogP contribution in [0.25, 0.3) is 0 Å². The van der Waals surface area contributed by atoms with Crippen molar-refractivity contribution in [1.29, 1.82) is 0 Å². The maximum Gasteiger partial charge on any atom is 0.433 e. The smallest absolute Gasteiger partial charge is 0.395 e. The van der Waals surface area contributed by atoms with Crippen molar-refractivity contribution in [3.8, 4) is 0 Å². The maximum absolute atomic E-state index is 12.6. The van der Waals surface area contributed by atoms with Crippen molar-refractivity contribution in [3.05, 3.63) is 56.8 Å². The third-order valence-corrected chi connectivity index (χ3v) is 3.09. The van der Waals surface area contributed by atoms with Crippen LogP contribution in [0.1, 0.15) is 16.1 Å². The van der Waals surface area contributed by atoms with Crippen LogP contribution in [-0.2, 0) is 6.18 Å². The summed E-state index contributed by atoms with van der Waals surface area (Å²) in [7, 11) is 0. The summed E-state index contributed by atoms with van der Waals surface area (Å²) in [6, 6.07) is 2.89. The van der Waals surface area contributed by atoms with Gasteiger partial charge in [-0.05, 0) is 24.3 Å². The number of anilines is 1. The highest BCUT2D eigenvalue weighted by molar-refractivity contribution is 6.33. The lowest BCUT2D eigenvalue weighted by molar-refractivity contribution is -0.402. The van der Waals surface area contributed by atoms with Gasteiger partial charge in [0.25, 0.3) is 5.91 Å². The van der Waals surface area contributed by atoms with E-state index in [0.29, 0.717) is 6.07 Å². The summed E-state index contributed by atoms with van der Waals surface area (Å²) in [6.07, 6.45) is -4.65. The molecule has 0 saturated heterocycles. The van der Waals surface area contributed by atoms with Crippen molar-refractivity contribution in [2.75, 3.05) is 5.32 Å². The zero-order chi connectivity index (χ0) is 18.8. The molecule has 0 fully saturated rings. The Morgan fingerprint density at radius 3 is 2.44 bits per heavy atom. The predicted molar refractivity (Wildman–Crippen MR) is 78.3 cm³/mol. The van der Waals surface area contributed by atoms with Gasteiger partial charge in [-0.3, -0.25) is 20.2 Å². The van der Waals surface area contributed by atoms with Crippen LogP contribution >= 0.6 is 11.6 Å². The number of furan rings is 1. The zero-order valence-corrected chi connectivity index (χ0v) is 12.6. The SMILES string of the molecule is O=C(NC(=O)c1ccc([N+](=O)[O-])o1)Nc1cc(C(F)(F)F)ccc1Cl. The summed E-state index contributed by atoms with van der Waals surface area (Å²) < 4.78 is 42.5. The van der Waals surface area contributed by atoms with Crippen LogP contribution in [0, 0.1) is 10.1 Å². The van der Waals surface area contributed by atoms with Gasteiger partial charge in [0.15, 0.2) is 5.76 Å². The first-order valence-corrected chi connectivity index (χ1v) is 6.69. The number of halogens is 4. The number of rotatable bonds is 3. The first-order valence-electron chi connectivity index (χ1n) is 6.31. The number of carbonyl (C=O) groups is 2. The summed E-state index contributed by atoms with van der Waals surface area (Å²) in [6.45, 7) is 0. The number of nitrogens with zero attached hydrogens (tertiary/aromatic N) is 1. The number of benzene rings is 1. The van der Waals surface area contributed by atoms with E-state index in [4.69, 9.17) is 11.6 Å². The quantitative estimate of drug-likeness (QED) is 0.623. The van der Waals surface area contributed by atoms with Crippen molar-refractivity contribution < 1.29 is 32.1 Å². The average molecular weight is 378 g/mol. The number of amides is 3. The monoisotopic (exact) mass is 377 g/mol. The van der Waals surface area contributed by atoms with Gasteiger partial charge in [0.1, 0.15) is 4.92 Å². The van der Waals surface area contributed by atoms with E-state index < -0.39 is 40.2 Å².